The lowest BCUT2D eigenvalue weighted by Crippen LogP contribution is -2.55. The van der Waals surface area contributed by atoms with Crippen molar-refractivity contribution < 1.29 is 24.2 Å². The highest BCUT2D eigenvalue weighted by Gasteiger charge is 2.45. The number of benzene rings is 5. The number of carbonyl (C=O) groups excluding carboxylic acids is 2. The number of hydrogen-bond acceptors (Lipinski definition) is 11. The number of ether oxygens (including phenoxy) is 2. The number of aromatic nitrogens is 3. The summed E-state index contributed by atoms with van der Waals surface area (Å²) in [5, 5.41) is 19.0. The smallest absolute Gasteiger partial charge is 0.326 e. The van der Waals surface area contributed by atoms with Crippen LogP contribution in [0.3, 0.4) is 0 Å². The maximum atomic E-state index is 15.2. The number of amidine groups is 1. The van der Waals surface area contributed by atoms with Gasteiger partial charge in [-0.1, -0.05) is 134 Å². The van der Waals surface area contributed by atoms with Gasteiger partial charge in [0.2, 0.25) is 5.91 Å². The van der Waals surface area contributed by atoms with Crippen LogP contribution < -0.4 is 19.7 Å². The molecule has 3 aliphatic rings. The Balaban J connectivity index is 0.683. The number of β-amino-alcohol motifs (C(OH)–C–C–N with tert-alkyl or cyclic N) is 1. The van der Waals surface area contributed by atoms with Gasteiger partial charge in [0.05, 0.1) is 49.4 Å². The second-order valence-corrected chi connectivity index (χ2v) is 23.2. The first-order chi connectivity index (χ1) is 40.4. The molecular formula is C66H78Cl2N10O5. The van der Waals surface area contributed by atoms with E-state index in [9.17, 15) is 9.90 Å². The van der Waals surface area contributed by atoms with Crippen molar-refractivity contribution in [3.05, 3.63) is 165 Å². The first kappa shape index (κ1) is 59.2. The maximum absolute atomic E-state index is 15.2. The molecule has 0 unspecified atom stereocenters. The van der Waals surface area contributed by atoms with Gasteiger partial charge in [-0.15, -0.1) is 0 Å². The molecule has 7 aromatic rings. The van der Waals surface area contributed by atoms with E-state index in [4.69, 9.17) is 47.8 Å². The number of aliphatic hydroxyl groups excluding tert-OH is 1. The molecule has 0 radical (unpaired) electrons. The molecule has 0 bridgehead atoms. The van der Waals surface area contributed by atoms with Crippen molar-refractivity contribution in [3.8, 4) is 33.9 Å². The number of rotatable bonds is 23. The van der Waals surface area contributed by atoms with Gasteiger partial charge in [-0.25, -0.2) is 9.78 Å². The van der Waals surface area contributed by atoms with E-state index in [1.54, 1.807) is 7.11 Å². The molecule has 0 spiro atoms. The number of urea groups is 1. The lowest BCUT2D eigenvalue weighted by Gasteiger charge is -2.39. The number of aliphatic hydroxyl groups is 1. The number of carbonyl (C=O) groups is 2. The average molecular weight is 1160 g/mol. The lowest BCUT2D eigenvalue weighted by molar-refractivity contribution is -0.122. The minimum absolute atomic E-state index is 0.00722. The molecular weight excluding hydrogens is 1080 g/mol. The number of unbranched alkanes of at least 4 members (excludes halogenated alkanes) is 6. The SMILES string of the molecule is COc1ccc(C2=N[C@@H](c3ccc(Cl)cc3)[C@@H](c3ccc(Cl)cc3)N2C(=O)N2CCN(CC(=O)NCCCCCCCCCc3cccc(-c4c(C)nn5c(N6CCN(CCO)CC6)cc(-c6ccccc6)nc45)c3)CC2)c(OC(C)C)c1. The Morgan fingerprint density at radius 2 is 1.39 bits per heavy atom. The summed E-state index contributed by atoms with van der Waals surface area (Å²) < 4.78 is 14.0. The van der Waals surface area contributed by atoms with Gasteiger partial charge in [0.25, 0.3) is 0 Å². The number of nitrogens with zero attached hydrogens (tertiary/aromatic N) is 9. The van der Waals surface area contributed by atoms with Crippen molar-refractivity contribution in [3.63, 3.8) is 0 Å². The molecule has 2 saturated heterocycles. The number of aliphatic imine (C=N–C) groups is 1. The number of nitrogens with one attached hydrogen (secondary N) is 1. The molecule has 83 heavy (non-hydrogen) atoms. The lowest BCUT2D eigenvalue weighted by atomic mass is 9.93. The van der Waals surface area contributed by atoms with Gasteiger partial charge < -0.3 is 29.7 Å². The summed E-state index contributed by atoms with van der Waals surface area (Å²) in [4.78, 5) is 49.5. The van der Waals surface area contributed by atoms with E-state index in [1.165, 1.54) is 24.8 Å². The number of methoxy groups -OCH3 is 1. The molecule has 3 amide bonds. The molecule has 5 heterocycles. The second kappa shape index (κ2) is 28.0. The Morgan fingerprint density at radius 1 is 0.723 bits per heavy atom. The van der Waals surface area contributed by atoms with E-state index in [2.05, 4.69) is 81.5 Å². The van der Waals surface area contributed by atoms with Crippen LogP contribution in [-0.4, -0.2) is 149 Å². The zero-order chi connectivity index (χ0) is 57.8. The van der Waals surface area contributed by atoms with Crippen molar-refractivity contribution in [2.24, 2.45) is 4.99 Å². The van der Waals surface area contributed by atoms with Crippen molar-refractivity contribution in [2.45, 2.75) is 90.3 Å². The highest BCUT2D eigenvalue weighted by atomic mass is 35.5. The first-order valence-electron chi connectivity index (χ1n) is 29.6. The fraction of sp³-hybridized carbons (Fsp3) is 0.409. The number of hydrogen-bond donors (Lipinski definition) is 2. The average Bonchev–Trinajstić information content (AvgIpc) is 3.15. The number of halogens is 2. The minimum Gasteiger partial charge on any atom is -0.497 e. The predicted molar refractivity (Wildman–Crippen MR) is 332 cm³/mol. The summed E-state index contributed by atoms with van der Waals surface area (Å²) in [5.41, 5.74) is 9.85. The summed E-state index contributed by atoms with van der Waals surface area (Å²) in [6.07, 6.45) is 8.67. The van der Waals surface area contributed by atoms with Crippen LogP contribution in [0.4, 0.5) is 10.6 Å². The molecule has 5 aromatic carbocycles. The maximum Gasteiger partial charge on any atom is 0.326 e. The number of amides is 3. The quantitative estimate of drug-likeness (QED) is 0.0594. The van der Waals surface area contributed by atoms with Crippen molar-refractivity contribution in [1.82, 2.24) is 39.5 Å². The summed E-state index contributed by atoms with van der Waals surface area (Å²) in [5.74, 6) is 2.74. The monoisotopic (exact) mass is 1160 g/mol. The molecule has 3 aliphatic heterocycles. The van der Waals surface area contributed by atoms with Crippen molar-refractivity contribution in [2.75, 3.05) is 90.6 Å². The van der Waals surface area contributed by atoms with Crippen LogP contribution in [0.5, 0.6) is 11.5 Å². The van der Waals surface area contributed by atoms with E-state index < -0.39 is 12.1 Å². The van der Waals surface area contributed by atoms with E-state index in [0.717, 1.165) is 109 Å². The molecule has 2 aromatic heterocycles. The number of anilines is 1. The van der Waals surface area contributed by atoms with Gasteiger partial charge in [-0.05, 0) is 98.7 Å². The van der Waals surface area contributed by atoms with Crippen LogP contribution >= 0.6 is 23.2 Å². The Morgan fingerprint density at radius 3 is 2.07 bits per heavy atom. The third-order valence-electron chi connectivity index (χ3n) is 16.1. The van der Waals surface area contributed by atoms with Crippen molar-refractivity contribution >= 4 is 52.4 Å². The molecule has 15 nitrogen and oxygen atoms in total. The molecule has 0 aliphatic carbocycles. The van der Waals surface area contributed by atoms with Gasteiger partial charge >= 0.3 is 6.03 Å². The third kappa shape index (κ3) is 14.5. The Hall–Kier alpha value is -7.01. The Labute approximate surface area is 498 Å². The summed E-state index contributed by atoms with van der Waals surface area (Å²) in [6, 6.07) is 41.2. The number of piperazine rings is 2. The second-order valence-electron chi connectivity index (χ2n) is 22.3. The summed E-state index contributed by atoms with van der Waals surface area (Å²) >= 11 is 12.8. The van der Waals surface area contributed by atoms with Crippen LogP contribution in [0.2, 0.25) is 10.0 Å². The van der Waals surface area contributed by atoms with E-state index >= 15 is 4.79 Å². The van der Waals surface area contributed by atoms with Gasteiger partial charge in [-0.3, -0.25) is 24.5 Å². The fourth-order valence-electron chi connectivity index (χ4n) is 11.7. The predicted octanol–water partition coefficient (Wildman–Crippen LogP) is 12.0. The van der Waals surface area contributed by atoms with Crippen LogP contribution in [0.15, 0.2) is 132 Å². The first-order valence-corrected chi connectivity index (χ1v) is 30.3. The van der Waals surface area contributed by atoms with Gasteiger partial charge in [-0.2, -0.15) is 9.61 Å². The van der Waals surface area contributed by atoms with Gasteiger partial charge in [0, 0.05) is 98.8 Å². The molecule has 2 atom stereocenters. The molecule has 436 valence electrons. The fourth-order valence-corrected chi connectivity index (χ4v) is 12.0. The summed E-state index contributed by atoms with van der Waals surface area (Å²) in [7, 11) is 1.62. The van der Waals surface area contributed by atoms with Gasteiger partial charge in [0.1, 0.15) is 29.2 Å². The van der Waals surface area contributed by atoms with Gasteiger partial charge in [0.15, 0.2) is 5.65 Å². The third-order valence-corrected chi connectivity index (χ3v) is 16.6. The summed E-state index contributed by atoms with van der Waals surface area (Å²) in [6.45, 7) is 13.3. The minimum atomic E-state index is -0.510. The zero-order valence-corrected chi connectivity index (χ0v) is 49.9. The Kier molecular flexibility index (Phi) is 20.0. The van der Waals surface area contributed by atoms with E-state index in [1.807, 2.05) is 101 Å². The molecule has 2 fully saturated rings. The molecule has 2 N–H and O–H groups in total. The molecule has 0 saturated carbocycles. The molecule has 10 rings (SSSR count). The normalized spacial score (nSPS) is 16.9. The largest absolute Gasteiger partial charge is 0.497 e. The number of fused-ring (bicyclic) bond motifs is 1. The number of aryl methyl sites for hydroxylation is 2. The zero-order valence-electron chi connectivity index (χ0n) is 48.4. The van der Waals surface area contributed by atoms with Crippen LogP contribution in [0.25, 0.3) is 28.0 Å². The molecule has 17 heteroatoms. The van der Waals surface area contributed by atoms with Crippen LogP contribution in [0, 0.1) is 6.92 Å². The topological polar surface area (TPSA) is 144 Å². The van der Waals surface area contributed by atoms with E-state index in [-0.39, 0.29) is 31.2 Å². The van der Waals surface area contributed by atoms with E-state index in [0.29, 0.717) is 72.2 Å². The standard InChI is InChI=1S/C66H78Cl2N10O5/c1-46(2)83-58-43-55(82-4)29-30-56(58)64-71-62(50-21-25-53(67)26-22-50)63(51-23-27-54(68)28-24-51)77(64)66(81)76-38-34-74(35-39-76)45-59(80)69-31-14-9-7-5-6-8-11-16-48-17-15-20-52(42-48)61-47(3)72-78-60(75-36-32-73(33-37-75)40-41-79)44-57(70-65(61)78)49-18-12-10-13-19-49/h10,12-13,15,17-30,42-44,46,62-63,79H,5-9,11,14,16,31-41,45H2,1-4H3,(H,69,80)/t62-,63+/m0/s1. The highest BCUT2D eigenvalue weighted by molar-refractivity contribution is 6.30. The van der Waals surface area contributed by atoms with Crippen LogP contribution in [0.1, 0.15) is 98.8 Å². The van der Waals surface area contributed by atoms with Crippen LogP contribution in [-0.2, 0) is 11.2 Å². The Bertz CT molecular complexity index is 3320. The highest BCUT2D eigenvalue weighted by Crippen LogP contribution is 2.46. The van der Waals surface area contributed by atoms with Crippen molar-refractivity contribution in [1.29, 1.82) is 0 Å².